The molecule has 0 aromatic heterocycles. The van der Waals surface area contributed by atoms with Crippen LogP contribution >= 0.6 is 0 Å². The van der Waals surface area contributed by atoms with Crippen LogP contribution in [0.3, 0.4) is 0 Å². The van der Waals surface area contributed by atoms with Crippen LogP contribution in [0, 0.1) is 20.8 Å². The van der Waals surface area contributed by atoms with Crippen LogP contribution in [0.25, 0.3) is 22.9 Å². The molecule has 0 aliphatic carbocycles. The Kier molecular flexibility index (Phi) is 3.98. The summed E-state index contributed by atoms with van der Waals surface area (Å²) in [6.07, 6.45) is 4.57. The molecule has 0 bridgehead atoms. The Balaban J connectivity index is 1.88. The lowest BCUT2D eigenvalue weighted by Crippen LogP contribution is -2.55. The number of aryl methyl sites for hydroxylation is 3. The molecule has 0 radical (unpaired) electrons. The lowest BCUT2D eigenvalue weighted by Gasteiger charge is -2.23. The monoisotopic (exact) mass is 358 g/mol. The Labute approximate surface area is 167 Å². The average Bonchev–Trinajstić information content (AvgIpc) is 2.83. The smallest absolute Gasteiger partial charge is 0.0664 e. The van der Waals surface area contributed by atoms with E-state index in [1.165, 1.54) is 55.0 Å². The van der Waals surface area contributed by atoms with Crippen molar-refractivity contribution in [3.8, 4) is 0 Å². The first-order valence-electron chi connectivity index (χ1n) is 9.99. The van der Waals surface area contributed by atoms with Crippen LogP contribution in [0.5, 0.6) is 0 Å². The van der Waals surface area contributed by atoms with E-state index in [2.05, 4.69) is 106 Å². The van der Waals surface area contributed by atoms with Crippen LogP contribution in [0.1, 0.15) is 27.8 Å². The molecule has 1 aliphatic heterocycles. The number of hydrogen-bond donors (Lipinski definition) is 0. The van der Waals surface area contributed by atoms with Gasteiger partial charge in [0.05, 0.1) is 0 Å². The maximum absolute atomic E-state index is 2.40. The number of rotatable bonds is 1. The quantitative estimate of drug-likeness (QED) is 0.379. The Morgan fingerprint density at radius 2 is 1.18 bits per heavy atom. The zero-order valence-electron chi connectivity index (χ0n) is 16.7. The van der Waals surface area contributed by atoms with Gasteiger partial charge in [-0.2, -0.15) is 0 Å². The average molecular weight is 358 g/mol. The molecule has 0 fully saturated rings. The molecule has 0 N–H and O–H groups in total. The fourth-order valence-electron chi connectivity index (χ4n) is 4.90. The van der Waals surface area contributed by atoms with Gasteiger partial charge in [-0.15, -0.1) is 0 Å². The molecule has 4 aromatic rings. The SMILES string of the molecule is Cc1cc(C)c(B2c3ccccc3C=Cc3cc4ccccc4cc32)c(C)c1. The van der Waals surface area contributed by atoms with Crippen LogP contribution in [0.15, 0.2) is 72.8 Å². The molecule has 1 aliphatic rings. The zero-order valence-corrected chi connectivity index (χ0v) is 16.7. The van der Waals surface area contributed by atoms with Crippen molar-refractivity contribution in [1.82, 2.24) is 0 Å². The molecule has 0 atom stereocenters. The topological polar surface area (TPSA) is 0 Å². The summed E-state index contributed by atoms with van der Waals surface area (Å²) >= 11 is 0. The number of benzene rings is 4. The van der Waals surface area contributed by atoms with Crippen molar-refractivity contribution in [2.75, 3.05) is 0 Å². The van der Waals surface area contributed by atoms with E-state index in [0.717, 1.165) is 0 Å². The molecular weight excluding hydrogens is 335 g/mol. The third kappa shape index (κ3) is 2.70. The first-order valence-corrected chi connectivity index (χ1v) is 9.99. The van der Waals surface area contributed by atoms with E-state index >= 15 is 0 Å². The second-order valence-electron chi connectivity index (χ2n) is 8.04. The fourth-order valence-corrected chi connectivity index (χ4v) is 4.90. The van der Waals surface area contributed by atoms with Crippen LogP contribution in [0.4, 0.5) is 0 Å². The van der Waals surface area contributed by atoms with Gasteiger partial charge in [0.1, 0.15) is 0 Å². The second kappa shape index (κ2) is 6.53. The molecule has 1 heteroatoms. The van der Waals surface area contributed by atoms with Crippen LogP contribution in [-0.4, -0.2) is 6.71 Å². The maximum Gasteiger partial charge on any atom is 0.243 e. The Bertz CT molecular complexity index is 1220. The van der Waals surface area contributed by atoms with E-state index in [1.807, 2.05) is 0 Å². The molecular formula is C27H23B. The first kappa shape index (κ1) is 17.1. The van der Waals surface area contributed by atoms with Crippen molar-refractivity contribution in [2.24, 2.45) is 0 Å². The molecule has 0 saturated heterocycles. The normalized spacial score (nSPS) is 12.6. The zero-order chi connectivity index (χ0) is 19.3. The van der Waals surface area contributed by atoms with Crippen molar-refractivity contribution in [3.05, 3.63) is 101 Å². The minimum atomic E-state index is 0.242. The van der Waals surface area contributed by atoms with Gasteiger partial charge in [0.15, 0.2) is 0 Å². The van der Waals surface area contributed by atoms with Crippen molar-refractivity contribution in [1.29, 1.82) is 0 Å². The summed E-state index contributed by atoms with van der Waals surface area (Å²) in [5, 5.41) is 2.61. The largest absolute Gasteiger partial charge is 0.243 e. The maximum atomic E-state index is 2.40. The first-order chi connectivity index (χ1) is 13.6. The molecule has 0 amide bonds. The minimum absolute atomic E-state index is 0.242. The number of hydrogen-bond acceptors (Lipinski definition) is 0. The lowest BCUT2D eigenvalue weighted by atomic mass is 9.34. The minimum Gasteiger partial charge on any atom is -0.0664 e. The second-order valence-corrected chi connectivity index (χ2v) is 8.04. The molecule has 28 heavy (non-hydrogen) atoms. The van der Waals surface area contributed by atoms with E-state index in [9.17, 15) is 0 Å². The molecule has 0 spiro atoms. The predicted molar refractivity (Wildman–Crippen MR) is 125 cm³/mol. The van der Waals surface area contributed by atoms with E-state index in [1.54, 1.807) is 0 Å². The highest BCUT2D eigenvalue weighted by Gasteiger charge is 2.30. The number of fused-ring (bicyclic) bond motifs is 3. The van der Waals surface area contributed by atoms with Gasteiger partial charge >= 0.3 is 0 Å². The molecule has 134 valence electrons. The lowest BCUT2D eigenvalue weighted by molar-refractivity contribution is 1.35. The van der Waals surface area contributed by atoms with Gasteiger partial charge in [-0.1, -0.05) is 112 Å². The summed E-state index contributed by atoms with van der Waals surface area (Å²) in [5.74, 6) is 0. The van der Waals surface area contributed by atoms with Crippen molar-refractivity contribution < 1.29 is 0 Å². The highest BCUT2D eigenvalue weighted by atomic mass is 14.1. The van der Waals surface area contributed by atoms with Crippen molar-refractivity contribution >= 4 is 46.0 Å². The van der Waals surface area contributed by atoms with Gasteiger partial charge < -0.3 is 0 Å². The van der Waals surface area contributed by atoms with Crippen molar-refractivity contribution in [3.63, 3.8) is 0 Å². The molecule has 0 saturated carbocycles. The van der Waals surface area contributed by atoms with Gasteiger partial charge in [0.2, 0.25) is 6.71 Å². The Morgan fingerprint density at radius 3 is 1.93 bits per heavy atom. The van der Waals surface area contributed by atoms with Crippen molar-refractivity contribution in [2.45, 2.75) is 20.8 Å². The van der Waals surface area contributed by atoms with E-state index < -0.39 is 0 Å². The van der Waals surface area contributed by atoms with Gasteiger partial charge in [0, 0.05) is 0 Å². The highest BCUT2D eigenvalue weighted by molar-refractivity contribution is 6.97. The fraction of sp³-hybridized carbons (Fsp3) is 0.111. The molecule has 5 rings (SSSR count). The van der Waals surface area contributed by atoms with Crippen LogP contribution in [0.2, 0.25) is 0 Å². The highest BCUT2D eigenvalue weighted by Crippen LogP contribution is 2.20. The molecule has 1 heterocycles. The Hall–Kier alpha value is -3.06. The van der Waals surface area contributed by atoms with Gasteiger partial charge in [-0.25, -0.2) is 0 Å². The van der Waals surface area contributed by atoms with Crippen LogP contribution < -0.4 is 16.4 Å². The molecule has 0 nitrogen and oxygen atoms in total. The van der Waals surface area contributed by atoms with Gasteiger partial charge in [-0.3, -0.25) is 0 Å². The summed E-state index contributed by atoms with van der Waals surface area (Å²) in [5.41, 5.74) is 10.9. The summed E-state index contributed by atoms with van der Waals surface area (Å²) in [4.78, 5) is 0. The Morgan fingerprint density at radius 1 is 0.571 bits per heavy atom. The third-order valence-corrected chi connectivity index (χ3v) is 6.04. The summed E-state index contributed by atoms with van der Waals surface area (Å²) in [6, 6.07) is 26.9. The summed E-state index contributed by atoms with van der Waals surface area (Å²) in [7, 11) is 0. The van der Waals surface area contributed by atoms with E-state index in [0.29, 0.717) is 0 Å². The van der Waals surface area contributed by atoms with Gasteiger partial charge in [-0.05, 0) is 48.7 Å². The molecule has 4 aromatic carbocycles. The van der Waals surface area contributed by atoms with E-state index in [-0.39, 0.29) is 6.71 Å². The predicted octanol–water partition coefficient (Wildman–Crippen LogP) is 4.77. The standard InChI is InChI=1S/C27H23B/c1-18-14-19(2)27(20(3)15-18)28-25-11-7-6-8-21(25)12-13-24-16-22-9-4-5-10-23(22)17-26(24)28/h4-17H,1-3H3. The molecule has 0 unspecified atom stereocenters. The van der Waals surface area contributed by atoms with E-state index in [4.69, 9.17) is 0 Å². The van der Waals surface area contributed by atoms with Crippen LogP contribution in [-0.2, 0) is 0 Å². The third-order valence-electron chi connectivity index (χ3n) is 6.04. The van der Waals surface area contributed by atoms with Gasteiger partial charge in [0.25, 0.3) is 0 Å². The summed E-state index contributed by atoms with van der Waals surface area (Å²) < 4.78 is 0. The summed E-state index contributed by atoms with van der Waals surface area (Å²) in [6.45, 7) is 6.95.